The third-order valence-corrected chi connectivity index (χ3v) is 3.79. The SMILES string of the molecule is COc1ccc2c(c1)C1OCCNC1CCC2. The topological polar surface area (TPSA) is 30.5 Å². The van der Waals surface area contributed by atoms with Crippen LogP contribution in [0.2, 0.25) is 0 Å². The molecule has 1 aromatic carbocycles. The Morgan fingerprint density at radius 3 is 3.24 bits per heavy atom. The van der Waals surface area contributed by atoms with Gasteiger partial charge in [-0.15, -0.1) is 0 Å². The second-order valence-electron chi connectivity index (χ2n) is 4.81. The largest absolute Gasteiger partial charge is 0.497 e. The lowest BCUT2D eigenvalue weighted by Gasteiger charge is -2.32. The van der Waals surface area contributed by atoms with Crippen molar-refractivity contribution in [2.24, 2.45) is 0 Å². The second-order valence-corrected chi connectivity index (χ2v) is 4.81. The van der Waals surface area contributed by atoms with Crippen LogP contribution in [0.25, 0.3) is 0 Å². The van der Waals surface area contributed by atoms with Crippen molar-refractivity contribution in [3.8, 4) is 5.75 Å². The Balaban J connectivity index is 2.00. The minimum Gasteiger partial charge on any atom is -0.497 e. The lowest BCUT2D eigenvalue weighted by molar-refractivity contribution is -0.00654. The summed E-state index contributed by atoms with van der Waals surface area (Å²) >= 11 is 0. The first-order chi connectivity index (χ1) is 8.38. The number of aryl methyl sites for hydroxylation is 1. The number of hydrogen-bond donors (Lipinski definition) is 1. The van der Waals surface area contributed by atoms with E-state index in [1.54, 1.807) is 7.11 Å². The van der Waals surface area contributed by atoms with Crippen LogP contribution in [0.3, 0.4) is 0 Å². The van der Waals surface area contributed by atoms with Gasteiger partial charge in [0.2, 0.25) is 0 Å². The van der Waals surface area contributed by atoms with Gasteiger partial charge in [0.25, 0.3) is 0 Å². The second kappa shape index (κ2) is 4.67. The highest BCUT2D eigenvalue weighted by Crippen LogP contribution is 2.35. The normalized spacial score (nSPS) is 27.8. The molecule has 1 fully saturated rings. The van der Waals surface area contributed by atoms with Crippen molar-refractivity contribution in [3.63, 3.8) is 0 Å². The van der Waals surface area contributed by atoms with Crippen LogP contribution in [-0.4, -0.2) is 26.3 Å². The number of hydrogen-bond acceptors (Lipinski definition) is 3. The highest BCUT2D eigenvalue weighted by atomic mass is 16.5. The third kappa shape index (κ3) is 2.05. The number of methoxy groups -OCH3 is 1. The van der Waals surface area contributed by atoms with Crippen molar-refractivity contribution in [1.29, 1.82) is 0 Å². The summed E-state index contributed by atoms with van der Waals surface area (Å²) in [5, 5.41) is 3.57. The first-order valence-electron chi connectivity index (χ1n) is 6.40. The van der Waals surface area contributed by atoms with E-state index in [1.807, 2.05) is 0 Å². The van der Waals surface area contributed by atoms with Gasteiger partial charge in [0.1, 0.15) is 5.75 Å². The Bertz CT molecular complexity index is 405. The molecule has 1 saturated heterocycles. The van der Waals surface area contributed by atoms with E-state index in [-0.39, 0.29) is 6.10 Å². The molecule has 0 aromatic heterocycles. The molecular weight excluding hydrogens is 214 g/mol. The number of morpholine rings is 1. The molecule has 1 aliphatic heterocycles. The van der Waals surface area contributed by atoms with Gasteiger partial charge in [-0.05, 0) is 42.5 Å². The average Bonchev–Trinajstić information content (AvgIpc) is 2.57. The molecule has 0 radical (unpaired) electrons. The van der Waals surface area contributed by atoms with Crippen LogP contribution in [0.5, 0.6) is 5.75 Å². The maximum atomic E-state index is 5.97. The number of ether oxygens (including phenoxy) is 2. The zero-order valence-corrected chi connectivity index (χ0v) is 10.2. The molecule has 1 aliphatic carbocycles. The van der Waals surface area contributed by atoms with Crippen LogP contribution in [0.15, 0.2) is 18.2 Å². The molecule has 92 valence electrons. The van der Waals surface area contributed by atoms with Gasteiger partial charge in [0.05, 0.1) is 19.8 Å². The van der Waals surface area contributed by atoms with Gasteiger partial charge < -0.3 is 14.8 Å². The first-order valence-corrected chi connectivity index (χ1v) is 6.40. The zero-order valence-electron chi connectivity index (χ0n) is 10.2. The van der Waals surface area contributed by atoms with Crippen LogP contribution >= 0.6 is 0 Å². The van der Waals surface area contributed by atoms with Crippen LogP contribution < -0.4 is 10.1 Å². The summed E-state index contributed by atoms with van der Waals surface area (Å²) in [6.07, 6.45) is 3.78. The van der Waals surface area contributed by atoms with Crippen molar-refractivity contribution in [3.05, 3.63) is 29.3 Å². The van der Waals surface area contributed by atoms with E-state index in [9.17, 15) is 0 Å². The fourth-order valence-electron chi connectivity index (χ4n) is 2.92. The lowest BCUT2D eigenvalue weighted by Crippen LogP contribution is -2.43. The highest BCUT2D eigenvalue weighted by Gasteiger charge is 2.30. The minimum absolute atomic E-state index is 0.205. The van der Waals surface area contributed by atoms with E-state index in [0.717, 1.165) is 25.3 Å². The summed E-state index contributed by atoms with van der Waals surface area (Å²) in [4.78, 5) is 0. The smallest absolute Gasteiger partial charge is 0.119 e. The lowest BCUT2D eigenvalue weighted by atomic mass is 9.97. The molecule has 0 spiro atoms. The summed E-state index contributed by atoms with van der Waals surface area (Å²) in [5.41, 5.74) is 2.74. The van der Waals surface area contributed by atoms with E-state index in [1.165, 1.54) is 24.0 Å². The molecule has 17 heavy (non-hydrogen) atoms. The molecule has 2 aliphatic rings. The molecule has 1 aromatic rings. The molecular formula is C14H19NO2. The highest BCUT2D eigenvalue weighted by molar-refractivity contribution is 5.39. The first kappa shape index (κ1) is 11.1. The molecule has 1 N–H and O–H groups in total. The summed E-state index contributed by atoms with van der Waals surface area (Å²) in [5.74, 6) is 0.929. The average molecular weight is 233 g/mol. The number of rotatable bonds is 1. The summed E-state index contributed by atoms with van der Waals surface area (Å²) in [6, 6.07) is 6.85. The molecule has 2 atom stereocenters. The predicted molar refractivity (Wildman–Crippen MR) is 66.4 cm³/mol. The minimum atomic E-state index is 0.205. The fraction of sp³-hybridized carbons (Fsp3) is 0.571. The number of benzene rings is 1. The van der Waals surface area contributed by atoms with Crippen LogP contribution in [0.4, 0.5) is 0 Å². The molecule has 0 saturated carbocycles. The van der Waals surface area contributed by atoms with Gasteiger partial charge in [0, 0.05) is 12.6 Å². The molecule has 0 amide bonds. The van der Waals surface area contributed by atoms with Crippen molar-refractivity contribution < 1.29 is 9.47 Å². The Hall–Kier alpha value is -1.06. The molecule has 3 heteroatoms. The molecule has 1 heterocycles. The standard InChI is InChI=1S/C14H19NO2/c1-16-11-6-5-10-3-2-4-13-14(12(10)9-11)17-8-7-15-13/h5-6,9,13-15H,2-4,7-8H2,1H3. The molecule has 3 rings (SSSR count). The third-order valence-electron chi connectivity index (χ3n) is 3.79. The van der Waals surface area contributed by atoms with Crippen LogP contribution in [0, 0.1) is 0 Å². The van der Waals surface area contributed by atoms with E-state index in [4.69, 9.17) is 9.47 Å². The number of fused-ring (bicyclic) bond motifs is 3. The van der Waals surface area contributed by atoms with E-state index in [0.29, 0.717) is 6.04 Å². The van der Waals surface area contributed by atoms with E-state index >= 15 is 0 Å². The molecule has 0 bridgehead atoms. The van der Waals surface area contributed by atoms with Crippen LogP contribution in [0.1, 0.15) is 30.1 Å². The van der Waals surface area contributed by atoms with E-state index in [2.05, 4.69) is 23.5 Å². The van der Waals surface area contributed by atoms with E-state index < -0.39 is 0 Å². The van der Waals surface area contributed by atoms with Gasteiger partial charge in [-0.2, -0.15) is 0 Å². The quantitative estimate of drug-likeness (QED) is 0.805. The monoisotopic (exact) mass is 233 g/mol. The summed E-state index contributed by atoms with van der Waals surface area (Å²) in [6.45, 7) is 1.78. The molecule has 3 nitrogen and oxygen atoms in total. The van der Waals surface area contributed by atoms with Gasteiger partial charge in [-0.3, -0.25) is 0 Å². The van der Waals surface area contributed by atoms with Crippen molar-refractivity contribution in [2.75, 3.05) is 20.3 Å². The maximum Gasteiger partial charge on any atom is 0.119 e. The zero-order chi connectivity index (χ0) is 11.7. The van der Waals surface area contributed by atoms with Crippen molar-refractivity contribution in [1.82, 2.24) is 5.32 Å². The Labute approximate surface area is 102 Å². The van der Waals surface area contributed by atoms with Gasteiger partial charge in [-0.25, -0.2) is 0 Å². The maximum absolute atomic E-state index is 5.97. The van der Waals surface area contributed by atoms with Crippen molar-refractivity contribution in [2.45, 2.75) is 31.4 Å². The summed E-state index contributed by atoms with van der Waals surface area (Å²) < 4.78 is 11.3. The van der Waals surface area contributed by atoms with Crippen LogP contribution in [-0.2, 0) is 11.2 Å². The predicted octanol–water partition coefficient (Wildman–Crippen LogP) is 2.06. The Kier molecular flexibility index (Phi) is 3.04. The molecule has 2 unspecified atom stereocenters. The Morgan fingerprint density at radius 1 is 1.41 bits per heavy atom. The van der Waals surface area contributed by atoms with Gasteiger partial charge >= 0.3 is 0 Å². The van der Waals surface area contributed by atoms with Crippen molar-refractivity contribution >= 4 is 0 Å². The summed E-state index contributed by atoms with van der Waals surface area (Å²) in [7, 11) is 1.72. The van der Waals surface area contributed by atoms with Gasteiger partial charge in [0.15, 0.2) is 0 Å². The fourth-order valence-corrected chi connectivity index (χ4v) is 2.92. The Morgan fingerprint density at radius 2 is 2.35 bits per heavy atom. The van der Waals surface area contributed by atoms with Gasteiger partial charge in [-0.1, -0.05) is 6.07 Å². The number of nitrogens with one attached hydrogen (secondary N) is 1.